The first-order chi connectivity index (χ1) is 9.69. The number of pyridine rings is 1. The van der Waals surface area contributed by atoms with Crippen LogP contribution in [0.25, 0.3) is 0 Å². The Kier molecular flexibility index (Phi) is 5.76. The summed E-state index contributed by atoms with van der Waals surface area (Å²) in [4.78, 5) is 18.5. The molecule has 0 radical (unpaired) electrons. The van der Waals surface area contributed by atoms with E-state index < -0.39 is 0 Å². The molecule has 0 bridgehead atoms. The molecule has 0 saturated carbocycles. The van der Waals surface area contributed by atoms with Gasteiger partial charge in [-0.05, 0) is 18.6 Å². The monoisotopic (exact) mass is 297 g/mol. The minimum absolute atomic E-state index is 0.0998. The lowest BCUT2D eigenvalue weighted by molar-refractivity contribution is 0.0383. The maximum Gasteiger partial charge on any atom is 0.251 e. The summed E-state index contributed by atoms with van der Waals surface area (Å²) in [5.74, 6) is -0.0998. The van der Waals surface area contributed by atoms with Crippen molar-refractivity contribution in [2.75, 3.05) is 39.4 Å². The molecule has 0 atom stereocenters. The molecule has 0 spiro atoms. The van der Waals surface area contributed by atoms with Crippen LogP contribution in [-0.4, -0.2) is 55.2 Å². The Morgan fingerprint density at radius 1 is 1.45 bits per heavy atom. The summed E-state index contributed by atoms with van der Waals surface area (Å²) in [7, 11) is 0. The summed E-state index contributed by atoms with van der Waals surface area (Å²) in [6.07, 6.45) is 0.759. The van der Waals surface area contributed by atoms with E-state index in [1.165, 1.54) is 0 Å². The third-order valence-corrected chi connectivity index (χ3v) is 3.48. The molecule has 110 valence electrons. The van der Waals surface area contributed by atoms with Crippen LogP contribution in [0.5, 0.6) is 0 Å². The number of amides is 1. The first-order valence-electron chi connectivity index (χ1n) is 6.94. The SMILES string of the molecule is CCc1cc(C(=O)NCCN2CCOCC2)cc(Cl)n1. The van der Waals surface area contributed by atoms with Crippen molar-refractivity contribution in [1.82, 2.24) is 15.2 Å². The van der Waals surface area contributed by atoms with Gasteiger partial charge in [-0.3, -0.25) is 9.69 Å². The molecule has 1 aliphatic heterocycles. The number of halogens is 1. The van der Waals surface area contributed by atoms with Crippen LogP contribution in [0.1, 0.15) is 23.0 Å². The summed E-state index contributed by atoms with van der Waals surface area (Å²) < 4.78 is 5.28. The zero-order valence-corrected chi connectivity index (χ0v) is 12.4. The molecule has 6 heteroatoms. The highest BCUT2D eigenvalue weighted by Gasteiger charge is 2.12. The average molecular weight is 298 g/mol. The standard InChI is InChI=1S/C14H20ClN3O2/c1-2-12-9-11(10-13(15)17-12)14(19)16-3-4-18-5-7-20-8-6-18/h9-10H,2-8H2,1H3,(H,16,19). The van der Waals surface area contributed by atoms with Gasteiger partial charge in [0, 0.05) is 37.4 Å². The fourth-order valence-corrected chi connectivity index (χ4v) is 2.34. The summed E-state index contributed by atoms with van der Waals surface area (Å²) in [6, 6.07) is 3.39. The summed E-state index contributed by atoms with van der Waals surface area (Å²) in [5.41, 5.74) is 1.40. The molecule has 1 aromatic rings. The van der Waals surface area contributed by atoms with Crippen molar-refractivity contribution in [2.24, 2.45) is 0 Å². The van der Waals surface area contributed by atoms with E-state index in [4.69, 9.17) is 16.3 Å². The van der Waals surface area contributed by atoms with Crippen LogP contribution in [0.2, 0.25) is 5.15 Å². The molecule has 2 rings (SSSR count). The van der Waals surface area contributed by atoms with Crippen molar-refractivity contribution in [3.8, 4) is 0 Å². The highest BCUT2D eigenvalue weighted by Crippen LogP contribution is 2.11. The lowest BCUT2D eigenvalue weighted by atomic mass is 10.2. The maximum atomic E-state index is 12.1. The number of nitrogens with zero attached hydrogens (tertiary/aromatic N) is 2. The fraction of sp³-hybridized carbons (Fsp3) is 0.571. The number of carbonyl (C=O) groups excluding carboxylic acids is 1. The third kappa shape index (κ3) is 4.44. The lowest BCUT2D eigenvalue weighted by Crippen LogP contribution is -2.41. The second-order valence-electron chi connectivity index (χ2n) is 4.73. The van der Waals surface area contributed by atoms with Crippen molar-refractivity contribution in [3.63, 3.8) is 0 Å². The Labute approximate surface area is 124 Å². The van der Waals surface area contributed by atoms with Gasteiger partial charge in [-0.2, -0.15) is 0 Å². The van der Waals surface area contributed by atoms with E-state index >= 15 is 0 Å². The van der Waals surface area contributed by atoms with Gasteiger partial charge in [0.2, 0.25) is 0 Å². The number of hydrogen-bond acceptors (Lipinski definition) is 4. The number of rotatable bonds is 5. The van der Waals surface area contributed by atoms with E-state index in [1.54, 1.807) is 12.1 Å². The fourth-order valence-electron chi connectivity index (χ4n) is 2.12. The normalized spacial score (nSPS) is 16.1. The molecule has 1 aliphatic rings. The predicted octanol–water partition coefficient (Wildman–Crippen LogP) is 1.36. The minimum atomic E-state index is -0.0998. The van der Waals surface area contributed by atoms with Gasteiger partial charge in [0.05, 0.1) is 13.2 Å². The second kappa shape index (κ2) is 7.57. The molecule has 1 N–H and O–H groups in total. The molecule has 0 unspecified atom stereocenters. The highest BCUT2D eigenvalue weighted by molar-refractivity contribution is 6.29. The van der Waals surface area contributed by atoms with Crippen LogP contribution in [0.4, 0.5) is 0 Å². The number of hydrogen-bond donors (Lipinski definition) is 1. The van der Waals surface area contributed by atoms with E-state index in [1.807, 2.05) is 6.92 Å². The van der Waals surface area contributed by atoms with Crippen LogP contribution in [0.3, 0.4) is 0 Å². The predicted molar refractivity (Wildman–Crippen MR) is 78.2 cm³/mol. The Bertz CT molecular complexity index is 462. The van der Waals surface area contributed by atoms with Gasteiger partial charge >= 0.3 is 0 Å². The van der Waals surface area contributed by atoms with Gasteiger partial charge in [-0.1, -0.05) is 18.5 Å². The van der Waals surface area contributed by atoms with Crippen LogP contribution in [-0.2, 0) is 11.2 Å². The largest absolute Gasteiger partial charge is 0.379 e. The molecule has 1 fully saturated rings. The summed E-state index contributed by atoms with van der Waals surface area (Å²) in [5, 5.41) is 3.28. The van der Waals surface area contributed by atoms with Crippen molar-refractivity contribution < 1.29 is 9.53 Å². The van der Waals surface area contributed by atoms with Crippen LogP contribution in [0, 0.1) is 0 Å². The second-order valence-corrected chi connectivity index (χ2v) is 5.12. The quantitative estimate of drug-likeness (QED) is 0.834. The molecular formula is C14H20ClN3O2. The van der Waals surface area contributed by atoms with Gasteiger partial charge in [0.25, 0.3) is 5.91 Å². The van der Waals surface area contributed by atoms with E-state index in [-0.39, 0.29) is 5.91 Å². The molecule has 1 saturated heterocycles. The Balaban J connectivity index is 1.83. The van der Waals surface area contributed by atoms with Gasteiger partial charge in [0.1, 0.15) is 5.15 Å². The van der Waals surface area contributed by atoms with E-state index in [0.717, 1.165) is 45.0 Å². The lowest BCUT2D eigenvalue weighted by Gasteiger charge is -2.26. The molecule has 0 aliphatic carbocycles. The van der Waals surface area contributed by atoms with E-state index in [0.29, 0.717) is 17.3 Å². The number of aryl methyl sites for hydroxylation is 1. The molecule has 0 aromatic carbocycles. The number of morpholine rings is 1. The maximum absolute atomic E-state index is 12.1. The van der Waals surface area contributed by atoms with Crippen molar-refractivity contribution in [3.05, 3.63) is 28.5 Å². The summed E-state index contributed by atoms with van der Waals surface area (Å²) in [6.45, 7) is 6.85. The Morgan fingerprint density at radius 3 is 2.90 bits per heavy atom. The Morgan fingerprint density at radius 2 is 2.20 bits per heavy atom. The number of nitrogens with one attached hydrogen (secondary N) is 1. The van der Waals surface area contributed by atoms with Crippen molar-refractivity contribution in [1.29, 1.82) is 0 Å². The highest BCUT2D eigenvalue weighted by atomic mass is 35.5. The van der Waals surface area contributed by atoms with Gasteiger partial charge in [0.15, 0.2) is 0 Å². The number of ether oxygens (including phenoxy) is 1. The summed E-state index contributed by atoms with van der Waals surface area (Å²) >= 11 is 5.92. The molecule has 20 heavy (non-hydrogen) atoms. The van der Waals surface area contributed by atoms with Gasteiger partial charge < -0.3 is 10.1 Å². The number of aromatic nitrogens is 1. The average Bonchev–Trinajstić information content (AvgIpc) is 2.47. The van der Waals surface area contributed by atoms with Gasteiger partial charge in [-0.15, -0.1) is 0 Å². The topological polar surface area (TPSA) is 54.5 Å². The van der Waals surface area contributed by atoms with E-state index in [9.17, 15) is 4.79 Å². The number of carbonyl (C=O) groups is 1. The Hall–Kier alpha value is -1.17. The zero-order chi connectivity index (χ0) is 14.4. The molecule has 1 aromatic heterocycles. The molecule has 5 nitrogen and oxygen atoms in total. The van der Waals surface area contributed by atoms with Crippen LogP contribution >= 0.6 is 11.6 Å². The molecule has 1 amide bonds. The third-order valence-electron chi connectivity index (χ3n) is 3.29. The molecule has 2 heterocycles. The van der Waals surface area contributed by atoms with Crippen molar-refractivity contribution >= 4 is 17.5 Å². The minimum Gasteiger partial charge on any atom is -0.379 e. The van der Waals surface area contributed by atoms with Crippen LogP contribution in [0.15, 0.2) is 12.1 Å². The van der Waals surface area contributed by atoms with Crippen molar-refractivity contribution in [2.45, 2.75) is 13.3 Å². The smallest absolute Gasteiger partial charge is 0.251 e. The van der Waals surface area contributed by atoms with Crippen LogP contribution < -0.4 is 5.32 Å². The molecular weight excluding hydrogens is 278 g/mol. The van der Waals surface area contributed by atoms with E-state index in [2.05, 4.69) is 15.2 Å². The van der Waals surface area contributed by atoms with Gasteiger partial charge in [-0.25, -0.2) is 4.98 Å². The zero-order valence-electron chi connectivity index (χ0n) is 11.7. The first kappa shape index (κ1) is 15.2. The first-order valence-corrected chi connectivity index (χ1v) is 7.31.